The van der Waals surface area contributed by atoms with Gasteiger partial charge in [-0.15, -0.1) is 0 Å². The van der Waals surface area contributed by atoms with Crippen molar-refractivity contribution in [1.29, 1.82) is 0 Å². The fourth-order valence-corrected chi connectivity index (χ4v) is 1.78. The second kappa shape index (κ2) is 7.26. The second-order valence-corrected chi connectivity index (χ2v) is 4.44. The molecule has 116 valence electrons. The van der Waals surface area contributed by atoms with Crippen molar-refractivity contribution < 1.29 is 14.3 Å². The monoisotopic (exact) mass is 303 g/mol. The van der Waals surface area contributed by atoms with E-state index in [4.69, 9.17) is 9.47 Å². The molecule has 0 bridgehead atoms. The molecule has 0 aliphatic rings. The molecule has 0 aliphatic carbocycles. The zero-order valence-electron chi connectivity index (χ0n) is 12.4. The van der Waals surface area contributed by atoms with Crippen molar-refractivity contribution >= 4 is 5.91 Å². The highest BCUT2D eigenvalue weighted by Gasteiger charge is 2.08. The molecule has 7 heteroatoms. The van der Waals surface area contributed by atoms with Gasteiger partial charge in [-0.25, -0.2) is 4.68 Å². The number of aromatic nitrogens is 2. The van der Waals surface area contributed by atoms with Crippen molar-refractivity contribution in [3.05, 3.63) is 52.4 Å². The highest BCUT2D eigenvalue weighted by Crippen LogP contribution is 2.25. The van der Waals surface area contributed by atoms with Gasteiger partial charge >= 0.3 is 0 Å². The van der Waals surface area contributed by atoms with Gasteiger partial charge in [-0.1, -0.05) is 12.1 Å². The van der Waals surface area contributed by atoms with E-state index in [1.54, 1.807) is 19.2 Å². The number of methoxy groups -OCH3 is 1. The third-order valence-corrected chi connectivity index (χ3v) is 2.91. The Morgan fingerprint density at radius 1 is 1.23 bits per heavy atom. The van der Waals surface area contributed by atoms with Gasteiger partial charge in [0.15, 0.2) is 11.5 Å². The fraction of sp³-hybridized carbons (Fsp3) is 0.267. The molecule has 7 nitrogen and oxygen atoms in total. The van der Waals surface area contributed by atoms with E-state index in [9.17, 15) is 9.59 Å². The number of para-hydroxylation sites is 2. The molecule has 0 atom stereocenters. The lowest BCUT2D eigenvalue weighted by Crippen LogP contribution is -2.31. The SMILES string of the molecule is COc1ccccc1OCCNC(=O)c1ccc(=O)n(C)n1. The molecular weight excluding hydrogens is 286 g/mol. The lowest BCUT2D eigenvalue weighted by atomic mass is 10.3. The highest BCUT2D eigenvalue weighted by molar-refractivity contribution is 5.91. The molecule has 1 aromatic carbocycles. The zero-order chi connectivity index (χ0) is 15.9. The summed E-state index contributed by atoms with van der Waals surface area (Å²) < 4.78 is 11.8. The molecule has 2 aromatic rings. The Bertz CT molecular complexity index is 712. The van der Waals surface area contributed by atoms with Crippen LogP contribution in [0.2, 0.25) is 0 Å². The number of rotatable bonds is 6. The molecule has 0 aliphatic heterocycles. The first-order chi connectivity index (χ1) is 10.6. The molecular formula is C15H17N3O4. The van der Waals surface area contributed by atoms with Crippen LogP contribution in [0.3, 0.4) is 0 Å². The highest BCUT2D eigenvalue weighted by atomic mass is 16.5. The summed E-state index contributed by atoms with van der Waals surface area (Å²) in [6.45, 7) is 0.597. The largest absolute Gasteiger partial charge is 0.493 e. The molecule has 0 radical (unpaired) electrons. The molecule has 0 saturated heterocycles. The number of carbonyl (C=O) groups excluding carboxylic acids is 1. The van der Waals surface area contributed by atoms with Crippen LogP contribution in [0.5, 0.6) is 11.5 Å². The van der Waals surface area contributed by atoms with Crippen molar-refractivity contribution in [3.8, 4) is 11.5 Å². The summed E-state index contributed by atoms with van der Waals surface area (Å²) in [4.78, 5) is 23.1. The summed E-state index contributed by atoms with van der Waals surface area (Å²) in [6.07, 6.45) is 0. The predicted molar refractivity (Wildman–Crippen MR) is 80.3 cm³/mol. The average Bonchev–Trinajstić information content (AvgIpc) is 2.54. The lowest BCUT2D eigenvalue weighted by Gasteiger charge is -2.10. The standard InChI is InChI=1S/C15H17N3O4/c1-18-14(19)8-7-11(17-18)15(20)16-9-10-22-13-6-4-3-5-12(13)21-2/h3-8H,9-10H2,1-2H3,(H,16,20). The lowest BCUT2D eigenvalue weighted by molar-refractivity contribution is 0.0939. The van der Waals surface area contributed by atoms with Crippen LogP contribution in [-0.2, 0) is 7.05 Å². The maximum Gasteiger partial charge on any atom is 0.271 e. The van der Waals surface area contributed by atoms with Crippen molar-refractivity contribution in [2.45, 2.75) is 0 Å². The molecule has 0 fully saturated rings. The van der Waals surface area contributed by atoms with Crippen molar-refractivity contribution in [1.82, 2.24) is 15.1 Å². The predicted octanol–water partition coefficient (Wildman–Crippen LogP) is 0.598. The molecule has 0 unspecified atom stereocenters. The average molecular weight is 303 g/mol. The Morgan fingerprint density at radius 3 is 2.64 bits per heavy atom. The van der Waals surface area contributed by atoms with E-state index in [1.807, 2.05) is 12.1 Å². The van der Waals surface area contributed by atoms with Crippen LogP contribution in [-0.4, -0.2) is 35.9 Å². The Morgan fingerprint density at radius 2 is 1.95 bits per heavy atom. The van der Waals surface area contributed by atoms with E-state index < -0.39 is 0 Å². The normalized spacial score (nSPS) is 10.1. The Balaban J connectivity index is 1.84. The van der Waals surface area contributed by atoms with Crippen molar-refractivity contribution in [3.63, 3.8) is 0 Å². The Hall–Kier alpha value is -2.83. The first kappa shape index (κ1) is 15.6. The van der Waals surface area contributed by atoms with Crippen LogP contribution in [0, 0.1) is 0 Å². The number of nitrogens with one attached hydrogen (secondary N) is 1. The van der Waals surface area contributed by atoms with E-state index in [0.717, 1.165) is 4.68 Å². The number of benzene rings is 1. The van der Waals surface area contributed by atoms with Gasteiger partial charge < -0.3 is 14.8 Å². The van der Waals surface area contributed by atoms with Gasteiger partial charge in [0.1, 0.15) is 12.3 Å². The molecule has 1 N–H and O–H groups in total. The summed E-state index contributed by atoms with van der Waals surface area (Å²) in [5.41, 5.74) is -0.0875. The van der Waals surface area contributed by atoms with E-state index in [0.29, 0.717) is 18.0 Å². The van der Waals surface area contributed by atoms with Crippen LogP contribution < -0.4 is 20.3 Å². The van der Waals surface area contributed by atoms with Gasteiger partial charge in [-0.2, -0.15) is 5.10 Å². The number of amides is 1. The number of carbonyl (C=O) groups is 1. The molecule has 22 heavy (non-hydrogen) atoms. The number of nitrogens with zero attached hydrogens (tertiary/aromatic N) is 2. The van der Waals surface area contributed by atoms with Crippen LogP contribution in [0.15, 0.2) is 41.2 Å². The smallest absolute Gasteiger partial charge is 0.271 e. The molecule has 1 aromatic heterocycles. The van der Waals surface area contributed by atoms with Crippen LogP contribution in [0.25, 0.3) is 0 Å². The summed E-state index contributed by atoms with van der Waals surface area (Å²) in [5, 5.41) is 6.54. The third kappa shape index (κ3) is 3.85. The Kier molecular flexibility index (Phi) is 5.13. The van der Waals surface area contributed by atoms with Crippen molar-refractivity contribution in [2.75, 3.05) is 20.3 Å². The molecule has 0 spiro atoms. The van der Waals surface area contributed by atoms with E-state index >= 15 is 0 Å². The maximum atomic E-state index is 11.9. The van der Waals surface area contributed by atoms with Gasteiger partial charge in [0, 0.05) is 13.1 Å². The summed E-state index contributed by atoms with van der Waals surface area (Å²) in [7, 11) is 3.05. The van der Waals surface area contributed by atoms with Gasteiger partial charge in [0.05, 0.1) is 13.7 Å². The number of hydrogen-bond donors (Lipinski definition) is 1. The topological polar surface area (TPSA) is 82.5 Å². The number of ether oxygens (including phenoxy) is 2. The zero-order valence-corrected chi connectivity index (χ0v) is 12.4. The first-order valence-corrected chi connectivity index (χ1v) is 6.70. The third-order valence-electron chi connectivity index (χ3n) is 2.91. The minimum Gasteiger partial charge on any atom is -0.493 e. The maximum absolute atomic E-state index is 11.9. The summed E-state index contributed by atoms with van der Waals surface area (Å²) >= 11 is 0. The van der Waals surface area contributed by atoms with Crippen molar-refractivity contribution in [2.24, 2.45) is 7.05 Å². The summed E-state index contributed by atoms with van der Waals surface area (Å²) in [6, 6.07) is 9.95. The van der Waals surface area contributed by atoms with Crippen LogP contribution in [0.1, 0.15) is 10.5 Å². The van der Waals surface area contributed by atoms with Gasteiger partial charge in [-0.3, -0.25) is 9.59 Å². The number of aryl methyl sites for hydroxylation is 1. The molecule has 1 amide bonds. The van der Waals surface area contributed by atoms with E-state index in [1.165, 1.54) is 19.2 Å². The first-order valence-electron chi connectivity index (χ1n) is 6.70. The fourth-order valence-electron chi connectivity index (χ4n) is 1.78. The molecule has 2 rings (SSSR count). The minimum atomic E-state index is -0.362. The van der Waals surface area contributed by atoms with Gasteiger partial charge in [-0.05, 0) is 18.2 Å². The number of hydrogen-bond acceptors (Lipinski definition) is 5. The quantitative estimate of drug-likeness (QED) is 0.790. The summed E-state index contributed by atoms with van der Waals surface area (Å²) in [5.74, 6) is 0.882. The van der Waals surface area contributed by atoms with Crippen LogP contribution in [0.4, 0.5) is 0 Å². The van der Waals surface area contributed by atoms with E-state index in [2.05, 4.69) is 10.4 Å². The minimum absolute atomic E-state index is 0.180. The van der Waals surface area contributed by atoms with Crippen LogP contribution >= 0.6 is 0 Å². The molecule has 0 saturated carbocycles. The van der Waals surface area contributed by atoms with Gasteiger partial charge in [0.2, 0.25) is 0 Å². The Labute approximate surface area is 127 Å². The molecule has 1 heterocycles. The second-order valence-electron chi connectivity index (χ2n) is 4.44. The van der Waals surface area contributed by atoms with Gasteiger partial charge in [0.25, 0.3) is 11.5 Å². The van der Waals surface area contributed by atoms with E-state index in [-0.39, 0.29) is 23.8 Å².